The summed E-state index contributed by atoms with van der Waals surface area (Å²) in [5.74, 6) is -0.758. The minimum absolute atomic E-state index is 0.102. The molecule has 1 aliphatic carbocycles. The molecule has 1 aromatic rings. The molecule has 2 bridgehead atoms. The molecule has 4 rings (SSSR count). The summed E-state index contributed by atoms with van der Waals surface area (Å²) < 4.78 is 5.28. The second kappa shape index (κ2) is 5.41. The van der Waals surface area contributed by atoms with Gasteiger partial charge in [-0.05, 0) is 48.3 Å². The van der Waals surface area contributed by atoms with Crippen LogP contribution >= 0.6 is 0 Å². The van der Waals surface area contributed by atoms with E-state index in [1.54, 1.807) is 30.5 Å². The Morgan fingerprint density at radius 3 is 2.80 bits per heavy atom. The van der Waals surface area contributed by atoms with Crippen LogP contribution < -0.4 is 0 Å². The minimum atomic E-state index is -0.801. The van der Waals surface area contributed by atoms with Crippen molar-refractivity contribution in [1.82, 2.24) is 4.90 Å². The Morgan fingerprint density at radius 1 is 1.32 bits per heavy atom. The van der Waals surface area contributed by atoms with E-state index in [4.69, 9.17) is 4.42 Å². The van der Waals surface area contributed by atoms with Gasteiger partial charge in [-0.15, -0.1) is 0 Å². The van der Waals surface area contributed by atoms with Crippen LogP contribution in [0.4, 0.5) is 0 Å². The molecule has 0 radical (unpaired) electrons. The van der Waals surface area contributed by atoms with Crippen LogP contribution in [0.25, 0.3) is 0 Å². The van der Waals surface area contributed by atoms with Gasteiger partial charge in [0.25, 0.3) is 5.91 Å². The summed E-state index contributed by atoms with van der Waals surface area (Å²) >= 11 is 0. The number of fused-ring (bicyclic) bond motifs is 2. The normalized spacial score (nSPS) is 33.5. The fourth-order valence-electron chi connectivity index (χ4n) is 5.14. The molecule has 3 heterocycles. The van der Waals surface area contributed by atoms with Crippen molar-refractivity contribution in [1.29, 1.82) is 0 Å². The molecule has 0 aromatic carbocycles. The smallest absolute Gasteiger partial charge is 0.262 e. The van der Waals surface area contributed by atoms with Gasteiger partial charge in [-0.1, -0.05) is 26.8 Å². The summed E-state index contributed by atoms with van der Waals surface area (Å²) in [6.45, 7) is 7.56. The van der Waals surface area contributed by atoms with Gasteiger partial charge in [0.1, 0.15) is 11.6 Å². The van der Waals surface area contributed by atoms with Gasteiger partial charge in [-0.3, -0.25) is 9.59 Å². The van der Waals surface area contributed by atoms with Crippen LogP contribution in [0.1, 0.15) is 45.8 Å². The van der Waals surface area contributed by atoms with Gasteiger partial charge in [0.15, 0.2) is 5.76 Å². The van der Waals surface area contributed by atoms with Crippen molar-refractivity contribution in [3.8, 4) is 0 Å². The summed E-state index contributed by atoms with van der Waals surface area (Å²) in [4.78, 5) is 31.5. The van der Waals surface area contributed by atoms with Crippen molar-refractivity contribution in [2.24, 2.45) is 21.7 Å². The van der Waals surface area contributed by atoms with Crippen molar-refractivity contribution in [3.63, 3.8) is 0 Å². The lowest BCUT2D eigenvalue weighted by Crippen LogP contribution is -2.43. The maximum Gasteiger partial charge on any atom is 0.262 e. The van der Waals surface area contributed by atoms with Gasteiger partial charge in [-0.25, -0.2) is 4.99 Å². The van der Waals surface area contributed by atoms with Crippen molar-refractivity contribution in [2.75, 3.05) is 6.54 Å². The van der Waals surface area contributed by atoms with E-state index in [1.165, 1.54) is 0 Å². The number of carbonyl (C=O) groups is 2. The van der Waals surface area contributed by atoms with Crippen molar-refractivity contribution < 1.29 is 14.0 Å². The molecule has 2 fully saturated rings. The fourth-order valence-corrected chi connectivity index (χ4v) is 5.14. The largest absolute Gasteiger partial charge is 0.463 e. The summed E-state index contributed by atoms with van der Waals surface area (Å²) in [7, 11) is 0. The predicted octanol–water partition coefficient (Wildman–Crippen LogP) is 3.21. The highest BCUT2D eigenvalue weighted by atomic mass is 16.3. The molecule has 1 aromatic heterocycles. The highest BCUT2D eigenvalue weighted by Gasteiger charge is 2.52. The zero-order valence-corrected chi connectivity index (χ0v) is 15.0. The molecule has 2 aliphatic heterocycles. The molecule has 1 saturated heterocycles. The second-order valence-corrected chi connectivity index (χ2v) is 8.83. The zero-order chi connectivity index (χ0) is 17.8. The SMILES string of the molecule is CC1(C)CC2CC(C)(CN2C(=O)C2C=CC(c3ccco3)=NC2=O)C1. The second-order valence-electron chi connectivity index (χ2n) is 8.83. The summed E-state index contributed by atoms with van der Waals surface area (Å²) in [6.07, 6.45) is 8.09. The number of likely N-dealkylation sites (tertiary alicyclic amines) is 1. The Balaban J connectivity index is 1.53. The van der Waals surface area contributed by atoms with E-state index in [0.717, 1.165) is 25.8 Å². The third-order valence-corrected chi connectivity index (χ3v) is 5.68. The minimum Gasteiger partial charge on any atom is -0.463 e. The number of allylic oxidation sites excluding steroid dienone is 1. The summed E-state index contributed by atoms with van der Waals surface area (Å²) in [5, 5.41) is 0. The number of amides is 2. The Labute approximate surface area is 147 Å². The molecule has 3 unspecified atom stereocenters. The van der Waals surface area contributed by atoms with Crippen LogP contribution in [0, 0.1) is 16.7 Å². The summed E-state index contributed by atoms with van der Waals surface area (Å²) in [6, 6.07) is 3.74. The van der Waals surface area contributed by atoms with E-state index in [0.29, 0.717) is 11.5 Å². The van der Waals surface area contributed by atoms with Crippen LogP contribution in [-0.2, 0) is 9.59 Å². The number of rotatable bonds is 2. The summed E-state index contributed by atoms with van der Waals surface area (Å²) in [5.41, 5.74) is 0.878. The first-order chi connectivity index (χ1) is 11.8. The van der Waals surface area contributed by atoms with Gasteiger partial charge in [0.2, 0.25) is 5.91 Å². The first-order valence-electron chi connectivity index (χ1n) is 8.92. The molecule has 2 amide bonds. The molecule has 5 heteroatoms. The van der Waals surface area contributed by atoms with Crippen LogP contribution in [0.5, 0.6) is 0 Å². The number of carbonyl (C=O) groups excluding carboxylic acids is 2. The number of furan rings is 1. The van der Waals surface area contributed by atoms with Gasteiger partial charge < -0.3 is 9.32 Å². The van der Waals surface area contributed by atoms with E-state index in [-0.39, 0.29) is 22.8 Å². The van der Waals surface area contributed by atoms with Crippen molar-refractivity contribution in [3.05, 3.63) is 36.3 Å². The quantitative estimate of drug-likeness (QED) is 0.777. The molecule has 0 spiro atoms. The molecule has 0 N–H and O–H groups in total. The number of hydrogen-bond acceptors (Lipinski definition) is 3. The standard InChI is InChI=1S/C20H24N2O3/c1-19(2)9-13-10-20(3,11-19)12-22(13)18(24)14-6-7-15(21-17(14)23)16-5-4-8-25-16/h4-8,13-14H,9-12H2,1-3H3. The van der Waals surface area contributed by atoms with Crippen LogP contribution in [0.2, 0.25) is 0 Å². The first-order valence-corrected chi connectivity index (χ1v) is 8.92. The number of dihydropyridines is 1. The van der Waals surface area contributed by atoms with E-state index < -0.39 is 11.8 Å². The highest BCUT2D eigenvalue weighted by molar-refractivity contribution is 6.18. The van der Waals surface area contributed by atoms with Crippen molar-refractivity contribution >= 4 is 17.5 Å². The Morgan fingerprint density at radius 2 is 2.12 bits per heavy atom. The molecular formula is C20H24N2O3. The molecule has 3 atom stereocenters. The molecule has 1 saturated carbocycles. The lowest BCUT2D eigenvalue weighted by Gasteiger charge is -2.39. The number of aliphatic imine (C=N–C) groups is 1. The van der Waals surface area contributed by atoms with Gasteiger partial charge in [0.05, 0.1) is 6.26 Å². The van der Waals surface area contributed by atoms with Crippen LogP contribution in [0.15, 0.2) is 40.0 Å². The van der Waals surface area contributed by atoms with Crippen molar-refractivity contribution in [2.45, 2.75) is 46.1 Å². The van der Waals surface area contributed by atoms with Crippen LogP contribution in [-0.4, -0.2) is 35.0 Å². The zero-order valence-electron chi connectivity index (χ0n) is 15.0. The Bertz CT molecular complexity index is 775. The Hall–Kier alpha value is -2.17. The average Bonchev–Trinajstić information content (AvgIpc) is 3.11. The van der Waals surface area contributed by atoms with E-state index >= 15 is 0 Å². The molecule has 132 valence electrons. The van der Waals surface area contributed by atoms with Gasteiger partial charge >= 0.3 is 0 Å². The van der Waals surface area contributed by atoms with E-state index in [9.17, 15) is 9.59 Å². The number of nitrogens with zero attached hydrogens (tertiary/aromatic N) is 2. The fraction of sp³-hybridized carbons (Fsp3) is 0.550. The predicted molar refractivity (Wildman–Crippen MR) is 94.1 cm³/mol. The topological polar surface area (TPSA) is 62.9 Å². The van der Waals surface area contributed by atoms with Crippen LogP contribution in [0.3, 0.4) is 0 Å². The maximum absolute atomic E-state index is 13.1. The maximum atomic E-state index is 13.1. The van der Waals surface area contributed by atoms with Gasteiger partial charge in [0, 0.05) is 12.6 Å². The molecule has 25 heavy (non-hydrogen) atoms. The molecule has 3 aliphatic rings. The lowest BCUT2D eigenvalue weighted by molar-refractivity contribution is -0.139. The van der Waals surface area contributed by atoms with E-state index in [1.807, 2.05) is 4.90 Å². The lowest BCUT2D eigenvalue weighted by atomic mass is 9.65. The third kappa shape index (κ3) is 2.86. The highest BCUT2D eigenvalue weighted by Crippen LogP contribution is 2.52. The monoisotopic (exact) mass is 340 g/mol. The van der Waals surface area contributed by atoms with E-state index in [2.05, 4.69) is 25.8 Å². The Kier molecular flexibility index (Phi) is 3.53. The third-order valence-electron chi connectivity index (χ3n) is 5.68. The molecular weight excluding hydrogens is 316 g/mol. The first kappa shape index (κ1) is 16.3. The average molecular weight is 340 g/mol. The number of hydrogen-bond donors (Lipinski definition) is 0. The van der Waals surface area contributed by atoms with Gasteiger partial charge in [-0.2, -0.15) is 0 Å². The molecule has 5 nitrogen and oxygen atoms in total.